The largest absolute Gasteiger partial charge is 0.494 e. The average molecular weight is 290 g/mol. The van der Waals surface area contributed by atoms with Gasteiger partial charge in [0.05, 0.1) is 7.11 Å². The topological polar surface area (TPSA) is 34.1 Å². The van der Waals surface area contributed by atoms with Gasteiger partial charge in [0.1, 0.15) is 11.3 Å². The first-order valence-electron chi connectivity index (χ1n) is 7.61. The van der Waals surface area contributed by atoms with Gasteiger partial charge in [-0.25, -0.2) is 0 Å². The van der Waals surface area contributed by atoms with Crippen molar-refractivity contribution in [1.29, 1.82) is 0 Å². The monoisotopic (exact) mass is 290 g/mol. The van der Waals surface area contributed by atoms with Crippen molar-refractivity contribution >= 4 is 10.9 Å². The molecule has 0 atom stereocenters. The van der Waals surface area contributed by atoms with E-state index in [1.165, 1.54) is 22.3 Å². The summed E-state index contributed by atoms with van der Waals surface area (Å²) < 4.78 is 5.44. The Bertz CT molecular complexity index is 842. The molecule has 0 amide bonds. The summed E-state index contributed by atoms with van der Waals surface area (Å²) in [6.45, 7) is 2.03. The molecule has 1 aliphatic rings. The summed E-state index contributed by atoms with van der Waals surface area (Å²) in [5.41, 5.74) is 6.22. The lowest BCUT2D eigenvalue weighted by Gasteiger charge is -2.18. The third-order valence-electron chi connectivity index (χ3n) is 4.36. The van der Waals surface area contributed by atoms with Crippen LogP contribution >= 0.6 is 0 Å². The number of benzene rings is 2. The molecule has 3 nitrogen and oxygen atoms in total. The molecule has 0 unspecified atom stereocenters. The zero-order valence-electron chi connectivity index (χ0n) is 12.6. The lowest BCUT2D eigenvalue weighted by molar-refractivity contribution is 0.419. The van der Waals surface area contributed by atoms with Crippen LogP contribution in [0.1, 0.15) is 11.1 Å². The minimum absolute atomic E-state index is 0.818. The van der Waals surface area contributed by atoms with Crippen molar-refractivity contribution in [3.05, 3.63) is 59.8 Å². The van der Waals surface area contributed by atoms with Crippen LogP contribution in [0.4, 0.5) is 0 Å². The number of aromatic nitrogens is 1. The van der Waals surface area contributed by atoms with E-state index in [2.05, 4.69) is 40.6 Å². The molecule has 3 heteroatoms. The molecule has 1 aromatic heterocycles. The molecule has 2 heterocycles. The number of fused-ring (bicyclic) bond motifs is 2. The van der Waals surface area contributed by atoms with Gasteiger partial charge in [-0.05, 0) is 59.5 Å². The first-order chi connectivity index (χ1) is 10.9. The maximum atomic E-state index is 5.44. The van der Waals surface area contributed by atoms with Crippen molar-refractivity contribution < 1.29 is 4.74 Å². The van der Waals surface area contributed by atoms with Crippen molar-refractivity contribution in [2.24, 2.45) is 0 Å². The van der Waals surface area contributed by atoms with Gasteiger partial charge in [-0.3, -0.25) is 4.98 Å². The Labute approximate surface area is 130 Å². The predicted octanol–water partition coefficient (Wildman–Crippen LogP) is 3.56. The molecular weight excluding hydrogens is 272 g/mol. The van der Waals surface area contributed by atoms with Gasteiger partial charge in [0, 0.05) is 18.1 Å². The van der Waals surface area contributed by atoms with Crippen LogP contribution in [0.5, 0.6) is 5.75 Å². The number of hydrogen-bond donors (Lipinski definition) is 1. The quantitative estimate of drug-likeness (QED) is 0.783. The van der Waals surface area contributed by atoms with E-state index < -0.39 is 0 Å². The molecule has 0 saturated heterocycles. The Morgan fingerprint density at radius 2 is 2.05 bits per heavy atom. The number of hydrogen-bond acceptors (Lipinski definition) is 3. The summed E-state index contributed by atoms with van der Waals surface area (Å²) in [5.74, 6) is 0.818. The second-order valence-corrected chi connectivity index (χ2v) is 5.63. The maximum Gasteiger partial charge on any atom is 0.145 e. The van der Waals surface area contributed by atoms with Crippen LogP contribution in [-0.2, 0) is 13.0 Å². The number of nitrogens with zero attached hydrogens (tertiary/aromatic N) is 1. The van der Waals surface area contributed by atoms with E-state index >= 15 is 0 Å². The Kier molecular flexibility index (Phi) is 3.28. The van der Waals surface area contributed by atoms with E-state index in [9.17, 15) is 0 Å². The van der Waals surface area contributed by atoms with Crippen LogP contribution in [-0.4, -0.2) is 18.6 Å². The fourth-order valence-corrected chi connectivity index (χ4v) is 3.21. The lowest BCUT2D eigenvalue weighted by Crippen LogP contribution is -2.23. The number of methoxy groups -OCH3 is 1. The minimum atomic E-state index is 0.818. The van der Waals surface area contributed by atoms with Crippen molar-refractivity contribution in [2.75, 3.05) is 13.7 Å². The molecule has 1 N–H and O–H groups in total. The number of pyridine rings is 1. The summed E-state index contributed by atoms with van der Waals surface area (Å²) in [4.78, 5) is 4.49. The highest BCUT2D eigenvalue weighted by Gasteiger charge is 2.12. The van der Waals surface area contributed by atoms with E-state index in [0.717, 1.165) is 36.2 Å². The zero-order valence-corrected chi connectivity index (χ0v) is 12.6. The highest BCUT2D eigenvalue weighted by atomic mass is 16.5. The van der Waals surface area contributed by atoms with Gasteiger partial charge in [-0.15, -0.1) is 0 Å². The van der Waals surface area contributed by atoms with Crippen LogP contribution in [0.25, 0.3) is 22.0 Å². The summed E-state index contributed by atoms with van der Waals surface area (Å²) >= 11 is 0. The highest BCUT2D eigenvalue weighted by Crippen LogP contribution is 2.34. The third-order valence-corrected chi connectivity index (χ3v) is 4.36. The molecule has 0 saturated carbocycles. The molecule has 3 aromatic rings. The van der Waals surface area contributed by atoms with Crippen molar-refractivity contribution in [3.8, 4) is 16.9 Å². The Hall–Kier alpha value is -2.39. The zero-order chi connectivity index (χ0) is 14.9. The van der Waals surface area contributed by atoms with E-state index in [-0.39, 0.29) is 0 Å². The number of ether oxygens (including phenoxy) is 1. The van der Waals surface area contributed by atoms with Crippen molar-refractivity contribution in [2.45, 2.75) is 13.0 Å². The van der Waals surface area contributed by atoms with Crippen LogP contribution in [0.15, 0.2) is 48.7 Å². The van der Waals surface area contributed by atoms with Crippen LogP contribution in [0.2, 0.25) is 0 Å². The molecule has 4 rings (SSSR count). The van der Waals surface area contributed by atoms with Gasteiger partial charge in [-0.2, -0.15) is 0 Å². The fraction of sp³-hybridized carbons (Fsp3) is 0.211. The van der Waals surface area contributed by atoms with Gasteiger partial charge >= 0.3 is 0 Å². The van der Waals surface area contributed by atoms with Crippen LogP contribution in [0.3, 0.4) is 0 Å². The number of rotatable bonds is 2. The van der Waals surface area contributed by atoms with Gasteiger partial charge in [0.15, 0.2) is 0 Å². The molecule has 110 valence electrons. The van der Waals surface area contributed by atoms with Crippen molar-refractivity contribution in [3.63, 3.8) is 0 Å². The molecule has 0 spiro atoms. The van der Waals surface area contributed by atoms with Crippen LogP contribution in [0, 0.1) is 0 Å². The molecule has 0 bridgehead atoms. The van der Waals surface area contributed by atoms with E-state index in [4.69, 9.17) is 4.74 Å². The van der Waals surface area contributed by atoms with E-state index in [1.807, 2.05) is 18.3 Å². The number of nitrogens with one attached hydrogen (secondary N) is 1. The Morgan fingerprint density at radius 1 is 1.09 bits per heavy atom. The summed E-state index contributed by atoms with van der Waals surface area (Å²) in [7, 11) is 1.69. The van der Waals surface area contributed by atoms with Crippen LogP contribution < -0.4 is 10.1 Å². The maximum absolute atomic E-state index is 5.44. The summed E-state index contributed by atoms with van der Waals surface area (Å²) in [5, 5.41) is 4.57. The Morgan fingerprint density at radius 3 is 2.95 bits per heavy atom. The molecule has 0 radical (unpaired) electrons. The fourth-order valence-electron chi connectivity index (χ4n) is 3.21. The first kappa shape index (κ1) is 13.3. The van der Waals surface area contributed by atoms with E-state index in [0.29, 0.717) is 0 Å². The SMILES string of the molecule is COc1ccc(-c2ccc3c(c2)CNCC3)c2cccnc12. The van der Waals surface area contributed by atoms with Gasteiger partial charge in [0.2, 0.25) is 0 Å². The summed E-state index contributed by atoms with van der Waals surface area (Å²) in [6.07, 6.45) is 2.92. The Balaban J connectivity index is 1.91. The minimum Gasteiger partial charge on any atom is -0.494 e. The van der Waals surface area contributed by atoms with Gasteiger partial charge < -0.3 is 10.1 Å². The molecule has 22 heavy (non-hydrogen) atoms. The lowest BCUT2D eigenvalue weighted by atomic mass is 9.94. The molecule has 0 fully saturated rings. The average Bonchev–Trinajstić information content (AvgIpc) is 2.60. The third kappa shape index (κ3) is 2.14. The molecule has 2 aromatic carbocycles. The normalized spacial score (nSPS) is 13.9. The van der Waals surface area contributed by atoms with Gasteiger partial charge in [-0.1, -0.05) is 18.2 Å². The standard InChI is InChI=1S/C19H18N2O/c1-22-18-7-6-16(17-3-2-9-21-19(17)18)14-5-4-13-8-10-20-12-15(13)11-14/h2-7,9,11,20H,8,10,12H2,1H3. The van der Waals surface area contributed by atoms with E-state index in [1.54, 1.807) is 7.11 Å². The first-order valence-corrected chi connectivity index (χ1v) is 7.61. The highest BCUT2D eigenvalue weighted by molar-refractivity contribution is 5.97. The smallest absolute Gasteiger partial charge is 0.145 e. The predicted molar refractivity (Wildman–Crippen MR) is 89.1 cm³/mol. The second kappa shape index (κ2) is 5.43. The molecule has 1 aliphatic heterocycles. The van der Waals surface area contributed by atoms with Gasteiger partial charge in [0.25, 0.3) is 0 Å². The van der Waals surface area contributed by atoms with Crippen molar-refractivity contribution in [1.82, 2.24) is 10.3 Å². The molecular formula is C19H18N2O. The molecule has 0 aliphatic carbocycles. The second-order valence-electron chi connectivity index (χ2n) is 5.63. The summed E-state index contributed by atoms with van der Waals surface area (Å²) in [6, 6.07) is 15.0.